The molecule has 0 radical (unpaired) electrons. The molecule has 218 valence electrons. The second-order valence-corrected chi connectivity index (χ2v) is 12.4. The molecular weight excluding hydrogens is 518 g/mol. The number of pyridine rings is 1. The van der Waals surface area contributed by atoms with Crippen LogP contribution in [0.4, 0.5) is 10.6 Å². The average Bonchev–Trinajstić information content (AvgIpc) is 2.90. The van der Waals surface area contributed by atoms with Gasteiger partial charge in [0.1, 0.15) is 34.9 Å². The molecule has 2 aromatic carbocycles. The molecule has 2 N–H and O–H groups in total. The summed E-state index contributed by atoms with van der Waals surface area (Å²) in [5.41, 5.74) is 8.52. The molecule has 1 unspecified atom stereocenters. The zero-order chi connectivity index (χ0) is 29.8. The maximum Gasteiger partial charge on any atom is 0.410 e. The fourth-order valence-corrected chi connectivity index (χ4v) is 4.86. The van der Waals surface area contributed by atoms with Gasteiger partial charge in [-0.3, -0.25) is 0 Å². The molecule has 8 nitrogen and oxygen atoms in total. The van der Waals surface area contributed by atoms with E-state index in [9.17, 15) is 9.59 Å². The largest absolute Gasteiger partial charge is 0.488 e. The Morgan fingerprint density at radius 3 is 2.29 bits per heavy atom. The molecule has 2 heterocycles. The third-order valence-electron chi connectivity index (χ3n) is 6.59. The summed E-state index contributed by atoms with van der Waals surface area (Å²) in [6, 6.07) is 19.4. The van der Waals surface area contributed by atoms with Crippen molar-refractivity contribution in [2.45, 2.75) is 78.1 Å². The van der Waals surface area contributed by atoms with Crippen molar-refractivity contribution in [1.82, 2.24) is 9.88 Å². The maximum absolute atomic E-state index is 13.4. The van der Waals surface area contributed by atoms with Gasteiger partial charge in [0, 0.05) is 24.6 Å². The average molecular weight is 560 g/mol. The lowest BCUT2D eigenvalue weighted by Gasteiger charge is -2.35. The number of carbonyl (C=O) groups excluding carboxylic acids is 2. The van der Waals surface area contributed by atoms with Crippen molar-refractivity contribution in [3.63, 3.8) is 0 Å². The Morgan fingerprint density at radius 1 is 0.951 bits per heavy atom. The van der Waals surface area contributed by atoms with Gasteiger partial charge in [0.05, 0.1) is 5.69 Å². The van der Waals surface area contributed by atoms with Crippen LogP contribution in [0.5, 0.6) is 5.75 Å². The van der Waals surface area contributed by atoms with Crippen LogP contribution in [0.3, 0.4) is 0 Å². The number of likely N-dealkylation sites (tertiary alicyclic amines) is 1. The number of nitrogens with zero attached hydrogens (tertiary/aromatic N) is 2. The summed E-state index contributed by atoms with van der Waals surface area (Å²) in [5, 5.41) is 0. The fourth-order valence-electron chi connectivity index (χ4n) is 4.86. The van der Waals surface area contributed by atoms with Crippen LogP contribution in [0.25, 0.3) is 11.3 Å². The monoisotopic (exact) mass is 559 g/mol. The molecule has 0 aliphatic carbocycles. The second-order valence-electron chi connectivity index (χ2n) is 12.4. The quantitative estimate of drug-likeness (QED) is 0.325. The van der Waals surface area contributed by atoms with Crippen LogP contribution in [-0.4, -0.2) is 46.2 Å². The number of piperidine rings is 1. The van der Waals surface area contributed by atoms with E-state index in [2.05, 4.69) is 4.98 Å². The predicted molar refractivity (Wildman–Crippen MR) is 160 cm³/mol. The lowest BCUT2D eigenvalue weighted by Crippen LogP contribution is -2.42. The number of nitrogens with two attached hydrogens (primary N) is 1. The van der Waals surface area contributed by atoms with Gasteiger partial charge in [-0.25, -0.2) is 14.6 Å². The summed E-state index contributed by atoms with van der Waals surface area (Å²) in [6.45, 7) is 12.3. The Bertz CT molecular complexity index is 1380. The van der Waals surface area contributed by atoms with E-state index >= 15 is 0 Å². The fraction of sp³-hybridized carbons (Fsp3) is 0.424. The summed E-state index contributed by atoms with van der Waals surface area (Å²) in [6.07, 6.45) is 1.15. The molecule has 0 bridgehead atoms. The predicted octanol–water partition coefficient (Wildman–Crippen LogP) is 6.98. The molecule has 1 saturated heterocycles. The number of anilines is 1. The van der Waals surface area contributed by atoms with Gasteiger partial charge in [-0.1, -0.05) is 42.5 Å². The molecule has 41 heavy (non-hydrogen) atoms. The summed E-state index contributed by atoms with van der Waals surface area (Å²) < 4.78 is 17.6. The third kappa shape index (κ3) is 7.99. The second kappa shape index (κ2) is 12.2. The molecular formula is C33H41N3O5. The van der Waals surface area contributed by atoms with Crippen LogP contribution in [-0.2, 0) is 16.1 Å². The van der Waals surface area contributed by atoms with E-state index in [0.29, 0.717) is 36.7 Å². The van der Waals surface area contributed by atoms with Crippen LogP contribution in [0.15, 0.2) is 60.7 Å². The van der Waals surface area contributed by atoms with E-state index < -0.39 is 17.2 Å². The van der Waals surface area contributed by atoms with Gasteiger partial charge in [0.2, 0.25) is 0 Å². The van der Waals surface area contributed by atoms with Crippen molar-refractivity contribution in [2.75, 3.05) is 18.8 Å². The lowest BCUT2D eigenvalue weighted by molar-refractivity contribution is 0.00682. The van der Waals surface area contributed by atoms with Crippen molar-refractivity contribution in [3.8, 4) is 17.0 Å². The first-order valence-corrected chi connectivity index (χ1v) is 14.1. The first-order chi connectivity index (χ1) is 19.3. The Kier molecular flexibility index (Phi) is 8.90. The third-order valence-corrected chi connectivity index (χ3v) is 6.59. The van der Waals surface area contributed by atoms with Crippen LogP contribution < -0.4 is 10.5 Å². The first kappa shape index (κ1) is 29.9. The highest BCUT2D eigenvalue weighted by Crippen LogP contribution is 2.38. The van der Waals surface area contributed by atoms with Crippen LogP contribution in [0, 0.1) is 0 Å². The standard InChI is InChI=1S/C33H41N3O5/c1-32(2,3)40-30(37)28-25(23-15-12-18-36(20-23)31(38)41-33(4,5)6)19-26(35-29(28)34)24-16-10-11-17-27(24)39-21-22-13-8-7-9-14-22/h7-11,13-14,16-17,19,23H,12,15,18,20-21H2,1-6H3,(H2,34,35). The van der Waals surface area contributed by atoms with Crippen molar-refractivity contribution in [1.29, 1.82) is 0 Å². The number of rotatable bonds is 6. The number of hydrogen-bond donors (Lipinski definition) is 1. The molecule has 1 aromatic heterocycles. The van der Waals surface area contributed by atoms with Gasteiger partial charge in [0.25, 0.3) is 0 Å². The minimum absolute atomic E-state index is 0.0824. The van der Waals surface area contributed by atoms with E-state index in [1.807, 2.05) is 102 Å². The molecule has 1 atom stereocenters. The topological polar surface area (TPSA) is 104 Å². The highest BCUT2D eigenvalue weighted by Gasteiger charge is 2.33. The lowest BCUT2D eigenvalue weighted by atomic mass is 9.87. The molecule has 4 rings (SSSR count). The van der Waals surface area contributed by atoms with E-state index in [0.717, 1.165) is 24.0 Å². The zero-order valence-corrected chi connectivity index (χ0v) is 24.9. The SMILES string of the molecule is CC(C)(C)OC(=O)c1c(C2CCCN(C(=O)OC(C)(C)C)C2)cc(-c2ccccc2OCc2ccccc2)nc1N. The normalized spacial score (nSPS) is 15.8. The van der Waals surface area contributed by atoms with Gasteiger partial charge >= 0.3 is 12.1 Å². The number of aromatic nitrogens is 1. The highest BCUT2D eigenvalue weighted by atomic mass is 16.6. The van der Waals surface area contributed by atoms with Gasteiger partial charge in [-0.2, -0.15) is 0 Å². The highest BCUT2D eigenvalue weighted by molar-refractivity contribution is 5.97. The zero-order valence-electron chi connectivity index (χ0n) is 24.9. The van der Waals surface area contributed by atoms with Crippen LogP contribution in [0.2, 0.25) is 0 Å². The molecule has 0 spiro atoms. The Balaban J connectivity index is 1.73. The van der Waals surface area contributed by atoms with E-state index in [-0.39, 0.29) is 23.4 Å². The van der Waals surface area contributed by atoms with Crippen molar-refractivity contribution >= 4 is 17.9 Å². The molecule has 3 aromatic rings. The van der Waals surface area contributed by atoms with Crippen LogP contribution >= 0.6 is 0 Å². The number of amides is 1. The van der Waals surface area contributed by atoms with E-state index in [1.54, 1.807) is 4.90 Å². The van der Waals surface area contributed by atoms with E-state index in [4.69, 9.17) is 19.9 Å². The number of hydrogen-bond acceptors (Lipinski definition) is 7. The smallest absolute Gasteiger partial charge is 0.410 e. The molecule has 0 saturated carbocycles. The Hall–Kier alpha value is -4.07. The van der Waals surface area contributed by atoms with Gasteiger partial charge in [-0.15, -0.1) is 0 Å². The molecule has 1 fully saturated rings. The summed E-state index contributed by atoms with van der Waals surface area (Å²) in [7, 11) is 0. The minimum Gasteiger partial charge on any atom is -0.488 e. The number of carbonyl (C=O) groups is 2. The van der Waals surface area contributed by atoms with Crippen molar-refractivity contribution in [2.24, 2.45) is 0 Å². The van der Waals surface area contributed by atoms with Crippen molar-refractivity contribution in [3.05, 3.63) is 77.4 Å². The molecule has 8 heteroatoms. The number of nitrogen functional groups attached to an aromatic ring is 1. The molecule has 1 aliphatic rings. The minimum atomic E-state index is -0.716. The molecule has 1 aliphatic heterocycles. The number of benzene rings is 2. The van der Waals surface area contributed by atoms with Crippen molar-refractivity contribution < 1.29 is 23.8 Å². The van der Waals surface area contributed by atoms with Crippen LogP contribution in [0.1, 0.15) is 81.8 Å². The first-order valence-electron chi connectivity index (χ1n) is 14.1. The summed E-state index contributed by atoms with van der Waals surface area (Å²) in [4.78, 5) is 32.8. The Labute approximate surface area is 242 Å². The van der Waals surface area contributed by atoms with Gasteiger partial charge in [-0.05, 0) is 83.7 Å². The van der Waals surface area contributed by atoms with E-state index in [1.165, 1.54) is 0 Å². The number of para-hydroxylation sites is 1. The number of ether oxygens (including phenoxy) is 3. The summed E-state index contributed by atoms with van der Waals surface area (Å²) >= 11 is 0. The van der Waals surface area contributed by atoms with Gasteiger partial charge < -0.3 is 24.8 Å². The maximum atomic E-state index is 13.4. The summed E-state index contributed by atoms with van der Waals surface area (Å²) in [5.74, 6) is 0.0320. The number of esters is 1. The van der Waals surface area contributed by atoms with Gasteiger partial charge in [0.15, 0.2) is 0 Å². The Morgan fingerprint density at radius 2 is 1.61 bits per heavy atom. The molecule has 1 amide bonds.